The van der Waals surface area contributed by atoms with E-state index in [-0.39, 0.29) is 26.6 Å². The average molecular weight is 472 g/mol. The number of aryl methyl sites for hydroxylation is 3. The highest BCUT2D eigenvalue weighted by Crippen LogP contribution is 2.26. The largest absolute Gasteiger partial charge is 0.317 e. The first-order valence-electron chi connectivity index (χ1n) is 10.9. The fourth-order valence-electron chi connectivity index (χ4n) is 4.09. The topological polar surface area (TPSA) is 98.4 Å². The molecule has 0 saturated heterocycles. The molecule has 34 heavy (non-hydrogen) atoms. The molecule has 2 aromatic carbocycles. The monoisotopic (exact) mass is 471 g/mol. The van der Waals surface area contributed by atoms with Crippen LogP contribution in [0.3, 0.4) is 0 Å². The minimum absolute atomic E-state index is 0.0515. The maximum absolute atomic E-state index is 13.5. The second-order valence-corrected chi connectivity index (χ2v) is 10.1. The van der Waals surface area contributed by atoms with Crippen molar-refractivity contribution in [1.82, 2.24) is 9.38 Å². The van der Waals surface area contributed by atoms with Gasteiger partial charge in [-0.05, 0) is 42.3 Å². The molecular weight excluding hydrogens is 448 g/mol. The van der Waals surface area contributed by atoms with E-state index in [1.54, 1.807) is 35.0 Å². The Morgan fingerprint density at radius 3 is 2.35 bits per heavy atom. The van der Waals surface area contributed by atoms with Crippen molar-refractivity contribution in [3.63, 3.8) is 0 Å². The van der Waals surface area contributed by atoms with E-state index in [0.717, 1.165) is 11.1 Å². The quantitative estimate of drug-likeness (QED) is 0.314. The van der Waals surface area contributed by atoms with Crippen LogP contribution in [0.5, 0.6) is 0 Å². The number of fused-ring (bicyclic) bond motifs is 2. The summed E-state index contributed by atoms with van der Waals surface area (Å²) in [5.41, 5.74) is 8.92. The molecule has 5 aromatic rings. The highest BCUT2D eigenvalue weighted by Gasteiger charge is 2.29. The molecule has 0 bridgehead atoms. The van der Waals surface area contributed by atoms with Gasteiger partial charge in [0.1, 0.15) is 10.3 Å². The Morgan fingerprint density at radius 2 is 1.65 bits per heavy atom. The molecule has 0 unspecified atom stereocenters. The Balaban J connectivity index is 1.81. The van der Waals surface area contributed by atoms with Gasteiger partial charge in [-0.3, -0.25) is 9.20 Å². The van der Waals surface area contributed by atoms with Gasteiger partial charge in [-0.25, -0.2) is 13.0 Å². The van der Waals surface area contributed by atoms with E-state index in [9.17, 15) is 13.2 Å². The van der Waals surface area contributed by atoms with E-state index in [1.807, 2.05) is 43.3 Å². The molecule has 0 atom stereocenters. The Labute approximate surface area is 196 Å². The van der Waals surface area contributed by atoms with Crippen LogP contribution in [-0.2, 0) is 22.8 Å². The van der Waals surface area contributed by atoms with Gasteiger partial charge < -0.3 is 5.73 Å². The molecule has 170 valence electrons. The molecule has 7 nitrogen and oxygen atoms in total. The van der Waals surface area contributed by atoms with E-state index >= 15 is 0 Å². The van der Waals surface area contributed by atoms with Gasteiger partial charge in [0.15, 0.2) is 0 Å². The van der Waals surface area contributed by atoms with Crippen LogP contribution in [0, 0.1) is 6.92 Å². The van der Waals surface area contributed by atoms with Crippen LogP contribution in [0.25, 0.3) is 16.7 Å². The number of anilines is 1. The first-order valence-corrected chi connectivity index (χ1v) is 12.3. The van der Waals surface area contributed by atoms with Crippen molar-refractivity contribution >= 4 is 32.3 Å². The molecular formula is C26H23N4O3S+. The van der Waals surface area contributed by atoms with Gasteiger partial charge in [0, 0.05) is 12.6 Å². The van der Waals surface area contributed by atoms with E-state index < -0.39 is 9.84 Å². The minimum atomic E-state index is -3.97. The first kappa shape index (κ1) is 21.8. The maximum Gasteiger partial charge on any atom is 0.278 e. The van der Waals surface area contributed by atoms with Gasteiger partial charge in [-0.2, -0.15) is 0 Å². The molecule has 0 aliphatic heterocycles. The SMILES string of the molecule is Cc1ccc2nc3c(cc(S(=O)(=O)c4ccccc4)c(N)[n+]3CCc3ccccc3)c(=O)n2c1. The Kier molecular flexibility index (Phi) is 5.37. The first-order chi connectivity index (χ1) is 16.4. The maximum atomic E-state index is 13.5. The molecule has 8 heteroatoms. The van der Waals surface area contributed by atoms with Crippen LogP contribution in [0.4, 0.5) is 5.82 Å². The summed E-state index contributed by atoms with van der Waals surface area (Å²) in [5, 5.41) is 0.194. The van der Waals surface area contributed by atoms with Gasteiger partial charge in [0.2, 0.25) is 21.3 Å². The molecule has 0 fully saturated rings. The summed E-state index contributed by atoms with van der Waals surface area (Å²) in [6, 6.07) is 22.9. The summed E-state index contributed by atoms with van der Waals surface area (Å²) in [7, 11) is -3.97. The molecule has 0 saturated carbocycles. The summed E-state index contributed by atoms with van der Waals surface area (Å²) in [4.78, 5) is 18.2. The van der Waals surface area contributed by atoms with Crippen molar-refractivity contribution in [3.05, 3.63) is 107 Å². The molecule has 0 radical (unpaired) electrons. The molecule has 2 N–H and O–H groups in total. The Morgan fingerprint density at radius 1 is 0.971 bits per heavy atom. The van der Waals surface area contributed by atoms with Gasteiger partial charge in [0.25, 0.3) is 11.2 Å². The Hall–Kier alpha value is -4.04. The Bertz CT molecular complexity index is 1700. The van der Waals surface area contributed by atoms with E-state index in [2.05, 4.69) is 0 Å². The van der Waals surface area contributed by atoms with Crippen molar-refractivity contribution in [3.8, 4) is 0 Å². The second kappa shape index (κ2) is 8.39. The van der Waals surface area contributed by atoms with Crippen molar-refractivity contribution in [2.24, 2.45) is 0 Å². The molecule has 0 spiro atoms. The zero-order valence-electron chi connectivity index (χ0n) is 18.5. The number of nitrogen functional groups attached to an aromatic ring is 1. The standard InChI is InChI=1S/C26H22N4O3S/c1-18-12-13-23-28-25-21(26(31)30(23)17-18)16-22(34(32,33)20-10-6-3-7-11-20)24(27)29(25)15-14-19-8-4-2-5-9-19/h2-13,16-17,27H,14-15H2,1H3/p+1. The lowest BCUT2D eigenvalue weighted by molar-refractivity contribution is -0.659. The van der Waals surface area contributed by atoms with Crippen LogP contribution in [0.2, 0.25) is 0 Å². The van der Waals surface area contributed by atoms with Gasteiger partial charge >= 0.3 is 0 Å². The molecule has 5 rings (SSSR count). The number of aromatic nitrogens is 3. The summed E-state index contributed by atoms with van der Waals surface area (Å²) >= 11 is 0. The number of sulfone groups is 1. The van der Waals surface area contributed by atoms with Crippen molar-refractivity contribution in [1.29, 1.82) is 0 Å². The molecule has 0 aliphatic rings. The summed E-state index contributed by atoms with van der Waals surface area (Å²) in [6.07, 6.45) is 2.29. The van der Waals surface area contributed by atoms with Crippen LogP contribution < -0.4 is 15.9 Å². The highest BCUT2D eigenvalue weighted by atomic mass is 32.2. The highest BCUT2D eigenvalue weighted by molar-refractivity contribution is 7.91. The fraction of sp³-hybridized carbons (Fsp3) is 0.115. The van der Waals surface area contributed by atoms with Crippen LogP contribution in [-0.4, -0.2) is 17.8 Å². The van der Waals surface area contributed by atoms with Gasteiger partial charge in [-0.15, -0.1) is 0 Å². The zero-order chi connectivity index (χ0) is 23.9. The number of rotatable bonds is 5. The average Bonchev–Trinajstić information content (AvgIpc) is 2.85. The lowest BCUT2D eigenvalue weighted by Gasteiger charge is -2.13. The van der Waals surface area contributed by atoms with E-state index in [4.69, 9.17) is 10.7 Å². The smallest absolute Gasteiger partial charge is 0.278 e. The molecule has 0 aliphatic carbocycles. The fourth-order valence-corrected chi connectivity index (χ4v) is 5.51. The van der Waals surface area contributed by atoms with Crippen LogP contribution in [0.15, 0.2) is 99.6 Å². The summed E-state index contributed by atoms with van der Waals surface area (Å²) in [6.45, 7) is 2.24. The predicted octanol–water partition coefficient (Wildman–Crippen LogP) is 3.10. The third kappa shape index (κ3) is 3.72. The number of hydrogen-bond acceptors (Lipinski definition) is 5. The minimum Gasteiger partial charge on any atom is -0.317 e. The lowest BCUT2D eigenvalue weighted by Crippen LogP contribution is -2.42. The van der Waals surface area contributed by atoms with Crippen LogP contribution >= 0.6 is 0 Å². The molecule has 0 amide bonds. The number of hydrogen-bond donors (Lipinski definition) is 1. The van der Waals surface area contributed by atoms with E-state index in [0.29, 0.717) is 24.3 Å². The van der Waals surface area contributed by atoms with Gasteiger partial charge in [-0.1, -0.05) is 59.6 Å². The number of nitrogens with zero attached hydrogens (tertiary/aromatic N) is 3. The summed E-state index contributed by atoms with van der Waals surface area (Å²) < 4.78 is 30.1. The zero-order valence-corrected chi connectivity index (χ0v) is 19.4. The normalized spacial score (nSPS) is 11.8. The van der Waals surface area contributed by atoms with E-state index in [1.165, 1.54) is 22.6 Å². The number of pyridine rings is 2. The summed E-state index contributed by atoms with van der Waals surface area (Å²) in [5.74, 6) is 0.0515. The third-order valence-corrected chi connectivity index (χ3v) is 7.67. The number of benzene rings is 2. The van der Waals surface area contributed by atoms with Crippen molar-refractivity contribution in [2.45, 2.75) is 29.7 Å². The molecule has 3 aromatic heterocycles. The number of nitrogens with two attached hydrogens (primary N) is 1. The second-order valence-electron chi connectivity index (χ2n) is 8.19. The predicted molar refractivity (Wildman–Crippen MR) is 130 cm³/mol. The van der Waals surface area contributed by atoms with Crippen LogP contribution in [0.1, 0.15) is 11.1 Å². The third-order valence-electron chi connectivity index (χ3n) is 5.87. The lowest BCUT2D eigenvalue weighted by atomic mass is 10.1. The van der Waals surface area contributed by atoms with Gasteiger partial charge in [0.05, 0.1) is 11.4 Å². The molecule has 3 heterocycles. The van der Waals surface area contributed by atoms with Crippen molar-refractivity contribution < 1.29 is 13.0 Å². The van der Waals surface area contributed by atoms with Crippen molar-refractivity contribution in [2.75, 3.05) is 5.73 Å².